The first-order chi connectivity index (χ1) is 8.99. The SMILES string of the molecule is OC(c1ccccc1OC(F)F)c1cc(Br)sc1Br. The minimum Gasteiger partial charge on any atom is -0.434 e. The van der Waals surface area contributed by atoms with Gasteiger partial charge < -0.3 is 9.84 Å². The molecule has 0 saturated carbocycles. The van der Waals surface area contributed by atoms with Crippen molar-refractivity contribution in [2.24, 2.45) is 0 Å². The minimum absolute atomic E-state index is 0.0285. The average molecular weight is 414 g/mol. The molecule has 0 aliphatic carbocycles. The van der Waals surface area contributed by atoms with Crippen LogP contribution in [0, 0.1) is 0 Å². The summed E-state index contributed by atoms with van der Waals surface area (Å²) in [5, 5.41) is 10.3. The molecule has 1 atom stereocenters. The maximum Gasteiger partial charge on any atom is 0.387 e. The summed E-state index contributed by atoms with van der Waals surface area (Å²) in [5.74, 6) is -0.0285. The lowest BCUT2D eigenvalue weighted by Crippen LogP contribution is -2.07. The highest BCUT2D eigenvalue weighted by Crippen LogP contribution is 2.40. The van der Waals surface area contributed by atoms with Gasteiger partial charge in [-0.15, -0.1) is 11.3 Å². The second kappa shape index (κ2) is 6.30. The molecule has 1 heterocycles. The number of para-hydroxylation sites is 1. The summed E-state index contributed by atoms with van der Waals surface area (Å²) in [6.07, 6.45) is -1.04. The second-order valence-corrected chi connectivity index (χ2v) is 7.35. The Morgan fingerprint density at radius 2 is 1.84 bits per heavy atom. The standard InChI is InChI=1S/C12H8Br2F2O2S/c13-9-5-7(11(14)19-9)10(17)6-3-1-2-4-8(6)18-12(15)16/h1-5,10,12,17H. The van der Waals surface area contributed by atoms with Crippen molar-refractivity contribution in [3.63, 3.8) is 0 Å². The Bertz CT molecular complexity index is 575. The predicted molar refractivity (Wildman–Crippen MR) is 76.9 cm³/mol. The lowest BCUT2D eigenvalue weighted by Gasteiger charge is -2.15. The van der Waals surface area contributed by atoms with Gasteiger partial charge in [-0.2, -0.15) is 8.78 Å². The zero-order valence-corrected chi connectivity index (χ0v) is 13.3. The molecule has 0 aliphatic heterocycles. The molecule has 19 heavy (non-hydrogen) atoms. The number of aliphatic hydroxyl groups is 1. The summed E-state index contributed by atoms with van der Waals surface area (Å²) in [7, 11) is 0. The van der Waals surface area contributed by atoms with Crippen LogP contribution >= 0.6 is 43.2 Å². The summed E-state index contributed by atoms with van der Waals surface area (Å²) >= 11 is 8.04. The van der Waals surface area contributed by atoms with Crippen molar-refractivity contribution in [2.75, 3.05) is 0 Å². The highest BCUT2D eigenvalue weighted by Gasteiger charge is 2.21. The Kier molecular flexibility index (Phi) is 4.94. The molecule has 1 N–H and O–H groups in total. The molecule has 0 fully saturated rings. The van der Waals surface area contributed by atoms with E-state index in [0.29, 0.717) is 11.1 Å². The number of rotatable bonds is 4. The van der Waals surface area contributed by atoms with Crippen molar-refractivity contribution in [3.05, 3.63) is 49.0 Å². The maximum absolute atomic E-state index is 12.3. The first-order valence-electron chi connectivity index (χ1n) is 5.15. The van der Waals surface area contributed by atoms with Crippen molar-refractivity contribution in [2.45, 2.75) is 12.7 Å². The molecule has 2 aromatic rings. The number of benzene rings is 1. The van der Waals surface area contributed by atoms with Crippen molar-refractivity contribution in [1.29, 1.82) is 0 Å². The normalized spacial score (nSPS) is 12.7. The molecule has 0 radical (unpaired) electrons. The van der Waals surface area contributed by atoms with Crippen molar-refractivity contribution in [3.8, 4) is 5.75 Å². The van der Waals surface area contributed by atoms with Gasteiger partial charge in [0.2, 0.25) is 0 Å². The first-order valence-corrected chi connectivity index (χ1v) is 7.56. The summed E-state index contributed by atoms with van der Waals surface area (Å²) in [5.41, 5.74) is 0.899. The number of ether oxygens (including phenoxy) is 1. The van der Waals surface area contributed by atoms with Crippen LogP contribution in [0.2, 0.25) is 0 Å². The van der Waals surface area contributed by atoms with Crippen LogP contribution in [-0.2, 0) is 0 Å². The van der Waals surface area contributed by atoms with Crippen LogP contribution in [0.3, 0.4) is 0 Å². The summed E-state index contributed by atoms with van der Waals surface area (Å²) in [6.45, 7) is -2.92. The van der Waals surface area contributed by atoms with E-state index in [1.807, 2.05) is 0 Å². The van der Waals surface area contributed by atoms with Gasteiger partial charge in [0.05, 0.1) is 7.57 Å². The zero-order chi connectivity index (χ0) is 14.0. The largest absolute Gasteiger partial charge is 0.434 e. The monoisotopic (exact) mass is 412 g/mol. The van der Waals surface area contributed by atoms with Gasteiger partial charge in [-0.05, 0) is 44.0 Å². The van der Waals surface area contributed by atoms with Gasteiger partial charge in [-0.25, -0.2) is 0 Å². The number of hydrogen-bond acceptors (Lipinski definition) is 3. The van der Waals surface area contributed by atoms with Gasteiger partial charge in [0, 0.05) is 11.1 Å². The molecule has 1 aromatic heterocycles. The molecule has 0 bridgehead atoms. The smallest absolute Gasteiger partial charge is 0.387 e. The van der Waals surface area contributed by atoms with Crippen LogP contribution in [0.25, 0.3) is 0 Å². The fourth-order valence-corrected chi connectivity index (χ4v) is 4.50. The van der Waals surface area contributed by atoms with E-state index in [2.05, 4.69) is 36.6 Å². The van der Waals surface area contributed by atoms with E-state index < -0.39 is 12.7 Å². The van der Waals surface area contributed by atoms with Crippen molar-refractivity contribution >= 4 is 43.2 Å². The van der Waals surface area contributed by atoms with Crippen molar-refractivity contribution in [1.82, 2.24) is 0 Å². The molecule has 2 nitrogen and oxygen atoms in total. The minimum atomic E-state index is -2.92. The molecule has 0 spiro atoms. The van der Waals surface area contributed by atoms with Crippen LogP contribution in [0.15, 0.2) is 37.9 Å². The Morgan fingerprint density at radius 3 is 2.42 bits per heavy atom. The molecular weight excluding hydrogens is 406 g/mol. The topological polar surface area (TPSA) is 29.5 Å². The third kappa shape index (κ3) is 3.53. The molecule has 102 valence electrons. The number of halogens is 4. The average Bonchev–Trinajstić information content (AvgIpc) is 2.67. The van der Waals surface area contributed by atoms with E-state index in [4.69, 9.17) is 0 Å². The summed E-state index contributed by atoms with van der Waals surface area (Å²) < 4.78 is 30.6. The Morgan fingerprint density at radius 1 is 1.16 bits per heavy atom. The van der Waals surface area contributed by atoms with E-state index in [-0.39, 0.29) is 5.75 Å². The van der Waals surface area contributed by atoms with Gasteiger partial charge in [-0.1, -0.05) is 18.2 Å². The molecule has 1 unspecified atom stereocenters. The lowest BCUT2D eigenvalue weighted by molar-refractivity contribution is -0.0512. The quantitative estimate of drug-likeness (QED) is 0.767. The van der Waals surface area contributed by atoms with Gasteiger partial charge >= 0.3 is 6.61 Å². The number of alkyl halides is 2. The van der Waals surface area contributed by atoms with Crippen LogP contribution in [0.5, 0.6) is 5.75 Å². The summed E-state index contributed by atoms with van der Waals surface area (Å²) in [6, 6.07) is 7.93. The van der Waals surface area contributed by atoms with Gasteiger partial charge in [0.15, 0.2) is 0 Å². The van der Waals surface area contributed by atoms with Crippen LogP contribution in [-0.4, -0.2) is 11.7 Å². The highest BCUT2D eigenvalue weighted by molar-refractivity contribution is 9.12. The van der Waals surface area contributed by atoms with Crippen LogP contribution in [0.1, 0.15) is 17.2 Å². The molecule has 0 saturated heterocycles. The number of aliphatic hydroxyl groups excluding tert-OH is 1. The van der Waals surface area contributed by atoms with E-state index in [1.165, 1.54) is 17.4 Å². The predicted octanol–water partition coefficient (Wildman–Crippen LogP) is 4.96. The van der Waals surface area contributed by atoms with E-state index >= 15 is 0 Å². The summed E-state index contributed by atoms with van der Waals surface area (Å²) in [4.78, 5) is 0. The fraction of sp³-hybridized carbons (Fsp3) is 0.167. The van der Waals surface area contributed by atoms with E-state index in [1.54, 1.807) is 24.3 Å². The maximum atomic E-state index is 12.3. The highest BCUT2D eigenvalue weighted by atomic mass is 79.9. The Hall–Kier alpha value is -0.500. The second-order valence-electron chi connectivity index (χ2n) is 3.60. The third-order valence-corrected chi connectivity index (χ3v) is 4.79. The van der Waals surface area contributed by atoms with E-state index in [9.17, 15) is 13.9 Å². The molecule has 0 aliphatic rings. The first kappa shape index (κ1) is 14.9. The Balaban J connectivity index is 2.38. The molecule has 1 aromatic carbocycles. The number of hydrogen-bond donors (Lipinski definition) is 1. The van der Waals surface area contributed by atoms with Crippen LogP contribution in [0.4, 0.5) is 8.78 Å². The number of thiophene rings is 1. The molecule has 7 heteroatoms. The van der Waals surface area contributed by atoms with Gasteiger partial charge in [0.25, 0.3) is 0 Å². The fourth-order valence-electron chi connectivity index (χ4n) is 1.62. The van der Waals surface area contributed by atoms with E-state index in [0.717, 1.165) is 7.57 Å². The third-order valence-electron chi connectivity index (χ3n) is 2.41. The molecular formula is C12H8Br2F2O2S. The lowest BCUT2D eigenvalue weighted by atomic mass is 10.0. The molecule has 2 rings (SSSR count). The van der Waals surface area contributed by atoms with Crippen LogP contribution < -0.4 is 4.74 Å². The Labute approximate surface area is 129 Å². The van der Waals surface area contributed by atoms with Crippen molar-refractivity contribution < 1.29 is 18.6 Å². The van der Waals surface area contributed by atoms with Gasteiger partial charge in [0.1, 0.15) is 11.9 Å². The molecule has 0 amide bonds. The zero-order valence-electron chi connectivity index (χ0n) is 9.32. The van der Waals surface area contributed by atoms with Gasteiger partial charge in [-0.3, -0.25) is 0 Å².